The quantitative estimate of drug-likeness (QED) is 0.797. The molecular weight excluding hydrogens is 383 g/mol. The van der Waals surface area contributed by atoms with Crippen LogP contribution in [0.4, 0.5) is 11.4 Å². The molecule has 7 heteroatoms. The second-order valence-corrected chi connectivity index (χ2v) is 7.18. The van der Waals surface area contributed by atoms with Crippen molar-refractivity contribution in [2.75, 3.05) is 16.8 Å². The number of nitrogens with zero attached hydrogens (tertiary/aromatic N) is 1. The van der Waals surface area contributed by atoms with Gasteiger partial charge in [-0.05, 0) is 42.8 Å². The minimum atomic E-state index is -0.443. The number of hydrogen-bond donors (Lipinski definition) is 1. The first-order chi connectivity index (χ1) is 11.8. The lowest BCUT2D eigenvalue weighted by molar-refractivity contribution is -0.122. The summed E-state index contributed by atoms with van der Waals surface area (Å²) in [6, 6.07) is 10.3. The smallest absolute Gasteiger partial charge is 0.229 e. The van der Waals surface area contributed by atoms with E-state index in [1.54, 1.807) is 35.2 Å². The molecule has 2 aromatic carbocycles. The fraction of sp³-hybridized carbons (Fsp3) is 0.222. The number of rotatable bonds is 3. The highest BCUT2D eigenvalue weighted by Crippen LogP contribution is 2.31. The number of nitrogens with one attached hydrogen (secondary N) is 1. The van der Waals surface area contributed by atoms with Crippen molar-refractivity contribution in [3.8, 4) is 0 Å². The Balaban J connectivity index is 1.71. The number of carbonyl (C=O) groups excluding carboxylic acids is 2. The van der Waals surface area contributed by atoms with E-state index in [9.17, 15) is 9.59 Å². The Morgan fingerprint density at radius 3 is 2.52 bits per heavy atom. The van der Waals surface area contributed by atoms with Gasteiger partial charge in [-0.15, -0.1) is 0 Å². The second kappa shape index (κ2) is 7.24. The highest BCUT2D eigenvalue weighted by molar-refractivity contribution is 6.42. The largest absolute Gasteiger partial charge is 0.326 e. The highest BCUT2D eigenvalue weighted by atomic mass is 35.5. The minimum absolute atomic E-state index is 0.125. The van der Waals surface area contributed by atoms with Gasteiger partial charge >= 0.3 is 0 Å². The predicted octanol–water partition coefficient (Wildman–Crippen LogP) is 4.95. The molecule has 3 rings (SSSR count). The third-order valence-corrected chi connectivity index (χ3v) is 5.30. The molecule has 1 heterocycles. The lowest BCUT2D eigenvalue weighted by atomic mass is 10.1. The van der Waals surface area contributed by atoms with Crippen LogP contribution < -0.4 is 10.2 Å². The number of halogens is 3. The zero-order valence-electron chi connectivity index (χ0n) is 13.4. The van der Waals surface area contributed by atoms with Crippen molar-refractivity contribution in [1.82, 2.24) is 0 Å². The lowest BCUT2D eigenvalue weighted by Crippen LogP contribution is -2.28. The van der Waals surface area contributed by atoms with Crippen molar-refractivity contribution in [2.45, 2.75) is 13.3 Å². The van der Waals surface area contributed by atoms with Gasteiger partial charge in [0.15, 0.2) is 0 Å². The Morgan fingerprint density at radius 2 is 1.84 bits per heavy atom. The van der Waals surface area contributed by atoms with Crippen LogP contribution in [0.2, 0.25) is 15.1 Å². The van der Waals surface area contributed by atoms with E-state index in [1.165, 1.54) is 0 Å². The molecule has 1 N–H and O–H groups in total. The van der Waals surface area contributed by atoms with Crippen LogP contribution in [0, 0.1) is 12.8 Å². The number of anilines is 2. The van der Waals surface area contributed by atoms with Crippen molar-refractivity contribution in [3.63, 3.8) is 0 Å². The maximum absolute atomic E-state index is 12.5. The molecule has 4 nitrogen and oxygen atoms in total. The van der Waals surface area contributed by atoms with Crippen LogP contribution in [0.25, 0.3) is 0 Å². The first-order valence-electron chi connectivity index (χ1n) is 7.67. The van der Waals surface area contributed by atoms with Gasteiger partial charge in [0.1, 0.15) is 0 Å². The monoisotopic (exact) mass is 396 g/mol. The van der Waals surface area contributed by atoms with Crippen molar-refractivity contribution >= 4 is 58.0 Å². The highest BCUT2D eigenvalue weighted by Gasteiger charge is 2.35. The Morgan fingerprint density at radius 1 is 1.08 bits per heavy atom. The summed E-state index contributed by atoms with van der Waals surface area (Å²) in [5.74, 6) is -0.779. The van der Waals surface area contributed by atoms with Gasteiger partial charge in [0.05, 0.1) is 16.0 Å². The average molecular weight is 398 g/mol. The number of carbonyl (C=O) groups is 2. The van der Waals surface area contributed by atoms with E-state index in [4.69, 9.17) is 34.8 Å². The molecule has 0 aliphatic carbocycles. The molecule has 1 saturated heterocycles. The van der Waals surface area contributed by atoms with Gasteiger partial charge in [0.2, 0.25) is 11.8 Å². The molecule has 0 saturated carbocycles. The third-order valence-electron chi connectivity index (χ3n) is 4.15. The van der Waals surface area contributed by atoms with E-state index in [0.29, 0.717) is 33.0 Å². The molecule has 0 radical (unpaired) electrons. The molecule has 0 aromatic heterocycles. The molecule has 1 fully saturated rings. The summed E-state index contributed by atoms with van der Waals surface area (Å²) in [5.41, 5.74) is 2.18. The van der Waals surface area contributed by atoms with Crippen LogP contribution in [0.1, 0.15) is 12.0 Å². The minimum Gasteiger partial charge on any atom is -0.326 e. The van der Waals surface area contributed by atoms with Crippen LogP contribution in [0.5, 0.6) is 0 Å². The van der Waals surface area contributed by atoms with Gasteiger partial charge in [0, 0.05) is 29.4 Å². The summed E-state index contributed by atoms with van der Waals surface area (Å²) < 4.78 is 0. The van der Waals surface area contributed by atoms with E-state index in [-0.39, 0.29) is 18.2 Å². The number of amides is 2. The molecule has 1 aliphatic heterocycles. The predicted molar refractivity (Wildman–Crippen MR) is 102 cm³/mol. The molecule has 130 valence electrons. The Labute approximate surface area is 160 Å². The topological polar surface area (TPSA) is 49.4 Å². The molecule has 25 heavy (non-hydrogen) atoms. The number of aryl methyl sites for hydroxylation is 1. The number of hydrogen-bond acceptors (Lipinski definition) is 2. The van der Waals surface area contributed by atoms with Crippen molar-refractivity contribution in [3.05, 3.63) is 57.0 Å². The summed E-state index contributed by atoms with van der Waals surface area (Å²) in [5, 5.41) is 4.19. The maximum atomic E-state index is 12.5. The van der Waals surface area contributed by atoms with E-state index in [2.05, 4.69) is 5.32 Å². The normalized spacial score (nSPS) is 17.0. The molecule has 2 amide bonds. The standard InChI is InChI=1S/C18H15Cl3N2O2/c1-10-2-3-12(7-15(10)20)22-18(25)11-6-17(24)23(9-11)13-4-5-14(19)16(21)8-13/h2-5,7-8,11H,6,9H2,1H3,(H,22,25)/t11-/m0/s1. The summed E-state index contributed by atoms with van der Waals surface area (Å²) in [6.45, 7) is 2.18. The van der Waals surface area contributed by atoms with Crippen molar-refractivity contribution in [1.29, 1.82) is 0 Å². The molecule has 1 atom stereocenters. The Hall–Kier alpha value is -1.75. The third kappa shape index (κ3) is 3.92. The maximum Gasteiger partial charge on any atom is 0.229 e. The zero-order chi connectivity index (χ0) is 18.1. The molecule has 1 aliphatic rings. The summed E-state index contributed by atoms with van der Waals surface area (Å²) in [6.07, 6.45) is 0.145. The molecular formula is C18H15Cl3N2O2. The summed E-state index contributed by atoms with van der Waals surface area (Å²) in [7, 11) is 0. The SMILES string of the molecule is Cc1ccc(NC(=O)[C@H]2CC(=O)N(c3ccc(Cl)c(Cl)c3)C2)cc1Cl. The van der Waals surface area contributed by atoms with Crippen molar-refractivity contribution in [2.24, 2.45) is 5.92 Å². The van der Waals surface area contributed by atoms with Gasteiger partial charge in [-0.25, -0.2) is 0 Å². The molecule has 0 unspecified atom stereocenters. The lowest BCUT2D eigenvalue weighted by Gasteiger charge is -2.17. The summed E-state index contributed by atoms with van der Waals surface area (Å²) >= 11 is 18.0. The van der Waals surface area contributed by atoms with Crippen molar-refractivity contribution < 1.29 is 9.59 Å². The molecule has 2 aromatic rings. The first kappa shape index (κ1) is 18.1. The first-order valence-corrected chi connectivity index (χ1v) is 8.81. The van der Waals surface area contributed by atoms with Crippen LogP contribution in [0.3, 0.4) is 0 Å². The Bertz CT molecular complexity index is 854. The van der Waals surface area contributed by atoms with E-state index in [1.807, 2.05) is 13.0 Å². The molecule has 0 bridgehead atoms. The summed E-state index contributed by atoms with van der Waals surface area (Å²) in [4.78, 5) is 26.3. The fourth-order valence-corrected chi connectivity index (χ4v) is 3.17. The van der Waals surface area contributed by atoms with Crippen LogP contribution in [-0.2, 0) is 9.59 Å². The van der Waals surface area contributed by atoms with Gasteiger partial charge < -0.3 is 10.2 Å². The zero-order valence-corrected chi connectivity index (χ0v) is 15.6. The Kier molecular flexibility index (Phi) is 5.23. The van der Waals surface area contributed by atoms with Gasteiger partial charge in [0.25, 0.3) is 0 Å². The number of benzene rings is 2. The van der Waals surface area contributed by atoms with E-state index >= 15 is 0 Å². The van der Waals surface area contributed by atoms with Gasteiger partial charge in [-0.2, -0.15) is 0 Å². The van der Waals surface area contributed by atoms with E-state index < -0.39 is 5.92 Å². The fourth-order valence-electron chi connectivity index (χ4n) is 2.70. The molecule has 0 spiro atoms. The van der Waals surface area contributed by atoms with Gasteiger partial charge in [-0.3, -0.25) is 9.59 Å². The second-order valence-electron chi connectivity index (χ2n) is 5.96. The average Bonchev–Trinajstić information content (AvgIpc) is 2.95. The van der Waals surface area contributed by atoms with E-state index in [0.717, 1.165) is 5.56 Å². The van der Waals surface area contributed by atoms with Crippen LogP contribution >= 0.6 is 34.8 Å². The van der Waals surface area contributed by atoms with Crippen LogP contribution in [0.15, 0.2) is 36.4 Å². The van der Waals surface area contributed by atoms with Crippen LogP contribution in [-0.4, -0.2) is 18.4 Å². The van der Waals surface area contributed by atoms with Gasteiger partial charge in [-0.1, -0.05) is 40.9 Å².